The van der Waals surface area contributed by atoms with Crippen molar-refractivity contribution in [2.24, 2.45) is 12.8 Å². The normalized spacial score (nSPS) is 14.9. The molecule has 1 aromatic carbocycles. The summed E-state index contributed by atoms with van der Waals surface area (Å²) in [4.78, 5) is 36.9. The fourth-order valence-electron chi connectivity index (χ4n) is 3.52. The number of nitrogens with one attached hydrogen (secondary N) is 1. The van der Waals surface area contributed by atoms with Crippen LogP contribution < -0.4 is 16.0 Å². The zero-order chi connectivity index (χ0) is 20.4. The van der Waals surface area contributed by atoms with Crippen LogP contribution in [-0.4, -0.2) is 69.2 Å². The summed E-state index contributed by atoms with van der Waals surface area (Å²) < 4.78 is 1.73. The molecule has 1 aliphatic rings. The third-order valence-electron chi connectivity index (χ3n) is 5.01. The van der Waals surface area contributed by atoms with Crippen LogP contribution in [0.25, 0.3) is 11.0 Å². The highest BCUT2D eigenvalue weighted by Crippen LogP contribution is 2.23. The van der Waals surface area contributed by atoms with Gasteiger partial charge >= 0.3 is 0 Å². The van der Waals surface area contributed by atoms with Crippen LogP contribution in [0.1, 0.15) is 10.4 Å². The van der Waals surface area contributed by atoms with E-state index in [2.05, 4.69) is 30.2 Å². The Balaban J connectivity index is 1.36. The molecule has 29 heavy (non-hydrogen) atoms. The number of anilines is 2. The van der Waals surface area contributed by atoms with Gasteiger partial charge in [0.05, 0.1) is 29.4 Å². The quantitative estimate of drug-likeness (QED) is 0.635. The van der Waals surface area contributed by atoms with Crippen molar-refractivity contribution >= 4 is 34.4 Å². The van der Waals surface area contributed by atoms with E-state index >= 15 is 0 Å². The zero-order valence-corrected chi connectivity index (χ0v) is 16.1. The highest BCUT2D eigenvalue weighted by Gasteiger charge is 2.22. The number of aromatic nitrogens is 4. The van der Waals surface area contributed by atoms with Crippen LogP contribution >= 0.6 is 0 Å². The monoisotopic (exact) mass is 394 g/mol. The third kappa shape index (κ3) is 3.87. The third-order valence-corrected chi connectivity index (χ3v) is 5.01. The number of rotatable bonds is 5. The molecule has 1 fully saturated rings. The number of nitrogens with two attached hydrogens (primary N) is 1. The number of primary amides is 1. The number of carbonyl (C=O) groups excluding carboxylic acids is 2. The van der Waals surface area contributed by atoms with Crippen LogP contribution in [0.5, 0.6) is 0 Å². The maximum absolute atomic E-state index is 12.4. The summed E-state index contributed by atoms with van der Waals surface area (Å²) in [6.07, 6.45) is 3.33. The van der Waals surface area contributed by atoms with Crippen molar-refractivity contribution in [3.63, 3.8) is 0 Å². The smallest absolute Gasteiger partial charge is 0.250 e. The Morgan fingerprint density at radius 1 is 1.14 bits per heavy atom. The predicted octanol–water partition coefficient (Wildman–Crippen LogP) is 0.223. The summed E-state index contributed by atoms with van der Waals surface area (Å²) in [5, 5.41) is 7.96. The van der Waals surface area contributed by atoms with Crippen LogP contribution in [0.15, 0.2) is 36.8 Å². The number of aryl methyl sites for hydroxylation is 1. The molecule has 4 rings (SSSR count). The van der Waals surface area contributed by atoms with E-state index in [1.54, 1.807) is 41.5 Å². The van der Waals surface area contributed by atoms with Gasteiger partial charge < -0.3 is 16.0 Å². The Morgan fingerprint density at radius 3 is 2.66 bits per heavy atom. The Labute approximate surface area is 167 Å². The van der Waals surface area contributed by atoms with Crippen molar-refractivity contribution in [1.82, 2.24) is 24.6 Å². The number of para-hydroxylation sites is 1. The van der Waals surface area contributed by atoms with Crippen molar-refractivity contribution in [3.8, 4) is 0 Å². The summed E-state index contributed by atoms with van der Waals surface area (Å²) >= 11 is 0. The summed E-state index contributed by atoms with van der Waals surface area (Å²) in [7, 11) is 1.85. The lowest BCUT2D eigenvalue weighted by Crippen LogP contribution is -2.49. The fourth-order valence-corrected chi connectivity index (χ4v) is 3.52. The highest BCUT2D eigenvalue weighted by molar-refractivity contribution is 6.03. The topological polar surface area (TPSA) is 122 Å². The number of carbonyl (C=O) groups is 2. The van der Waals surface area contributed by atoms with E-state index in [1.807, 2.05) is 7.05 Å². The van der Waals surface area contributed by atoms with Crippen LogP contribution in [-0.2, 0) is 11.8 Å². The average Bonchev–Trinajstić information content (AvgIpc) is 3.10. The first-order valence-corrected chi connectivity index (χ1v) is 9.31. The van der Waals surface area contributed by atoms with Gasteiger partial charge in [-0.05, 0) is 12.1 Å². The van der Waals surface area contributed by atoms with E-state index in [0.29, 0.717) is 11.3 Å². The highest BCUT2D eigenvalue weighted by atomic mass is 16.2. The second kappa shape index (κ2) is 7.84. The summed E-state index contributed by atoms with van der Waals surface area (Å²) in [6, 6.07) is 6.73. The number of hydrogen-bond acceptors (Lipinski definition) is 7. The van der Waals surface area contributed by atoms with E-state index < -0.39 is 5.91 Å². The van der Waals surface area contributed by atoms with E-state index in [-0.39, 0.29) is 12.5 Å². The number of piperazine rings is 1. The lowest BCUT2D eigenvalue weighted by molar-refractivity contribution is -0.117. The molecule has 0 unspecified atom stereocenters. The predicted molar refractivity (Wildman–Crippen MR) is 109 cm³/mol. The number of fused-ring (bicyclic) bond motifs is 1. The van der Waals surface area contributed by atoms with E-state index in [9.17, 15) is 9.59 Å². The largest absolute Gasteiger partial charge is 0.366 e. The molecule has 1 saturated heterocycles. The van der Waals surface area contributed by atoms with Crippen LogP contribution in [0.3, 0.4) is 0 Å². The first kappa shape index (κ1) is 18.8. The summed E-state index contributed by atoms with van der Waals surface area (Å²) in [5.74, 6) is 0.118. The molecule has 10 nitrogen and oxygen atoms in total. The van der Waals surface area contributed by atoms with Crippen LogP contribution in [0.4, 0.5) is 11.5 Å². The first-order valence-electron chi connectivity index (χ1n) is 9.31. The minimum Gasteiger partial charge on any atom is -0.366 e. The average molecular weight is 394 g/mol. The maximum atomic E-state index is 12.4. The lowest BCUT2D eigenvalue weighted by atomic mass is 10.1. The SMILES string of the molecule is Cn1ncc2c(N3CCN(CC(=O)Nc4ccccc4C(N)=O)CC3)ncnc21. The van der Waals surface area contributed by atoms with Crippen LogP contribution in [0, 0.1) is 0 Å². The molecule has 10 heteroatoms. The molecule has 0 aliphatic carbocycles. The molecule has 3 N–H and O–H groups in total. The van der Waals surface area contributed by atoms with Crippen molar-refractivity contribution < 1.29 is 9.59 Å². The second-order valence-corrected chi connectivity index (χ2v) is 6.92. The number of nitrogens with zero attached hydrogens (tertiary/aromatic N) is 6. The van der Waals surface area contributed by atoms with Gasteiger partial charge in [-0.2, -0.15) is 5.10 Å². The number of benzene rings is 1. The maximum Gasteiger partial charge on any atom is 0.250 e. The van der Waals surface area contributed by atoms with Crippen molar-refractivity contribution in [2.45, 2.75) is 0 Å². The van der Waals surface area contributed by atoms with Gasteiger partial charge in [0.15, 0.2) is 5.65 Å². The Hall–Kier alpha value is -3.53. The summed E-state index contributed by atoms with van der Waals surface area (Å²) in [6.45, 7) is 3.17. The molecule has 3 heterocycles. The van der Waals surface area contributed by atoms with Gasteiger partial charge in [-0.1, -0.05) is 12.1 Å². The molecule has 0 spiro atoms. The molecular weight excluding hydrogens is 372 g/mol. The minimum atomic E-state index is -0.568. The molecule has 1 aliphatic heterocycles. The van der Waals surface area contributed by atoms with Crippen LogP contribution in [0.2, 0.25) is 0 Å². The zero-order valence-electron chi connectivity index (χ0n) is 16.1. The molecule has 0 bridgehead atoms. The van der Waals surface area contributed by atoms with Crippen molar-refractivity contribution in [2.75, 3.05) is 42.9 Å². The van der Waals surface area contributed by atoms with Gasteiger partial charge in [0.1, 0.15) is 12.1 Å². The Kier molecular flexibility index (Phi) is 5.09. The van der Waals surface area contributed by atoms with Gasteiger partial charge in [0.2, 0.25) is 5.91 Å². The second-order valence-electron chi connectivity index (χ2n) is 6.92. The molecule has 3 aromatic rings. The molecule has 0 saturated carbocycles. The lowest BCUT2D eigenvalue weighted by Gasteiger charge is -2.35. The van der Waals surface area contributed by atoms with Gasteiger partial charge in [-0.25, -0.2) is 9.97 Å². The van der Waals surface area contributed by atoms with Gasteiger partial charge in [0, 0.05) is 33.2 Å². The molecule has 2 aromatic heterocycles. The molecule has 0 radical (unpaired) electrons. The van der Waals surface area contributed by atoms with Crippen molar-refractivity contribution in [1.29, 1.82) is 0 Å². The number of amides is 2. The van der Waals surface area contributed by atoms with Gasteiger partial charge in [-0.3, -0.25) is 19.2 Å². The van der Waals surface area contributed by atoms with E-state index in [1.165, 1.54) is 0 Å². The summed E-state index contributed by atoms with van der Waals surface area (Å²) in [5.41, 5.74) is 6.89. The molecule has 150 valence electrons. The van der Waals surface area contributed by atoms with E-state index in [4.69, 9.17) is 5.73 Å². The van der Waals surface area contributed by atoms with Gasteiger partial charge in [-0.15, -0.1) is 0 Å². The standard InChI is InChI=1S/C19H22N8O2/c1-25-18-14(10-23-25)19(22-12-21-18)27-8-6-26(7-9-27)11-16(28)24-15-5-3-2-4-13(15)17(20)29/h2-5,10,12H,6-9,11H2,1H3,(H2,20,29)(H,24,28). The minimum absolute atomic E-state index is 0.177. The van der Waals surface area contributed by atoms with E-state index in [0.717, 1.165) is 43.0 Å². The molecule has 0 atom stereocenters. The van der Waals surface area contributed by atoms with Gasteiger partial charge in [0.25, 0.3) is 5.91 Å². The fraction of sp³-hybridized carbons (Fsp3) is 0.316. The molecular formula is C19H22N8O2. The molecule has 2 amide bonds. The Bertz CT molecular complexity index is 1060. The number of hydrogen-bond donors (Lipinski definition) is 2. The first-order chi connectivity index (χ1) is 14.0. The van der Waals surface area contributed by atoms with Crippen molar-refractivity contribution in [3.05, 3.63) is 42.4 Å². The Morgan fingerprint density at radius 2 is 1.90 bits per heavy atom.